The Kier molecular flexibility index (Phi) is 4.12. The van der Waals surface area contributed by atoms with E-state index in [0.717, 1.165) is 22.7 Å². The van der Waals surface area contributed by atoms with Crippen molar-refractivity contribution in [1.82, 2.24) is 14.9 Å². The highest BCUT2D eigenvalue weighted by atomic mass is 32.1. The van der Waals surface area contributed by atoms with Crippen molar-refractivity contribution in [3.8, 4) is 5.69 Å². The number of hydrogen-bond acceptors (Lipinski definition) is 3. The quantitative estimate of drug-likeness (QED) is 0.787. The van der Waals surface area contributed by atoms with Gasteiger partial charge in [0.15, 0.2) is 0 Å². The van der Waals surface area contributed by atoms with Gasteiger partial charge in [0.1, 0.15) is 4.88 Å². The summed E-state index contributed by atoms with van der Waals surface area (Å²) in [7, 11) is 0. The number of carbonyl (C=O) groups excluding carboxylic acids is 1. The Bertz CT molecular complexity index is 704. The lowest BCUT2D eigenvalue weighted by molar-refractivity contribution is 0.0958. The highest BCUT2D eigenvalue weighted by molar-refractivity contribution is 7.12. The lowest BCUT2D eigenvalue weighted by atomic mass is 10.2. The minimum atomic E-state index is -0.0374. The summed E-state index contributed by atoms with van der Waals surface area (Å²) in [5.41, 5.74) is 1.90. The van der Waals surface area contributed by atoms with Crippen LogP contribution in [0, 0.1) is 0 Å². The highest BCUT2D eigenvalue weighted by Crippen LogP contribution is 2.21. The largest absolute Gasteiger partial charge is 0.351 e. The number of pyridine rings is 1. The van der Waals surface area contributed by atoms with Gasteiger partial charge in [0, 0.05) is 37.3 Å². The number of rotatable bonds is 5. The zero-order valence-electron chi connectivity index (χ0n) is 11.4. The number of thiophene rings is 1. The van der Waals surface area contributed by atoms with E-state index in [0.29, 0.717) is 6.54 Å². The van der Waals surface area contributed by atoms with Gasteiger partial charge in [-0.25, -0.2) is 0 Å². The maximum absolute atomic E-state index is 12.3. The molecule has 1 N–H and O–H groups in total. The standard InChI is InChI=1S/C16H15N3OS/c20-16(18-9-6-13-5-1-2-8-17-13)15-14(7-12-21-15)19-10-3-4-11-19/h1-5,7-8,10-12H,6,9H2,(H,18,20). The molecule has 0 spiro atoms. The molecular weight excluding hydrogens is 282 g/mol. The number of aromatic nitrogens is 2. The summed E-state index contributed by atoms with van der Waals surface area (Å²) >= 11 is 1.45. The zero-order valence-corrected chi connectivity index (χ0v) is 12.2. The van der Waals surface area contributed by atoms with Crippen molar-refractivity contribution >= 4 is 17.2 Å². The predicted molar refractivity (Wildman–Crippen MR) is 83.9 cm³/mol. The topological polar surface area (TPSA) is 46.9 Å². The van der Waals surface area contributed by atoms with E-state index in [2.05, 4.69) is 10.3 Å². The second-order valence-electron chi connectivity index (χ2n) is 4.55. The number of nitrogens with one attached hydrogen (secondary N) is 1. The lowest BCUT2D eigenvalue weighted by Crippen LogP contribution is -2.26. The van der Waals surface area contributed by atoms with Crippen molar-refractivity contribution in [3.63, 3.8) is 0 Å². The molecular formula is C16H15N3OS. The van der Waals surface area contributed by atoms with Crippen LogP contribution in [0.1, 0.15) is 15.4 Å². The molecule has 5 heteroatoms. The summed E-state index contributed by atoms with van der Waals surface area (Å²) in [6.07, 6.45) is 6.37. The molecule has 0 aromatic carbocycles. The maximum Gasteiger partial charge on any atom is 0.263 e. The average Bonchev–Trinajstić information content (AvgIpc) is 3.19. The first-order valence-electron chi connectivity index (χ1n) is 6.73. The first-order valence-corrected chi connectivity index (χ1v) is 7.61. The molecule has 3 heterocycles. The maximum atomic E-state index is 12.3. The Morgan fingerprint density at radius 1 is 1.19 bits per heavy atom. The first-order chi connectivity index (χ1) is 10.3. The van der Waals surface area contributed by atoms with Crippen LogP contribution >= 0.6 is 11.3 Å². The molecule has 3 aromatic rings. The molecule has 3 rings (SSSR count). The fourth-order valence-electron chi connectivity index (χ4n) is 2.10. The summed E-state index contributed by atoms with van der Waals surface area (Å²) < 4.78 is 1.95. The van der Waals surface area contributed by atoms with Gasteiger partial charge in [-0.15, -0.1) is 11.3 Å². The van der Waals surface area contributed by atoms with Crippen LogP contribution in [0.25, 0.3) is 5.69 Å². The minimum Gasteiger partial charge on any atom is -0.351 e. The van der Waals surface area contributed by atoms with Gasteiger partial charge in [0.25, 0.3) is 5.91 Å². The van der Waals surface area contributed by atoms with E-state index in [1.54, 1.807) is 6.20 Å². The normalized spacial score (nSPS) is 10.5. The lowest BCUT2D eigenvalue weighted by Gasteiger charge is -2.06. The molecule has 0 aliphatic carbocycles. The Balaban J connectivity index is 1.63. The fraction of sp³-hybridized carbons (Fsp3) is 0.125. The molecule has 3 aromatic heterocycles. The van der Waals surface area contributed by atoms with Gasteiger partial charge in [0.2, 0.25) is 0 Å². The number of amides is 1. The van der Waals surface area contributed by atoms with Crippen LogP contribution in [0.5, 0.6) is 0 Å². The van der Waals surface area contributed by atoms with E-state index in [1.165, 1.54) is 11.3 Å². The van der Waals surface area contributed by atoms with Gasteiger partial charge >= 0.3 is 0 Å². The molecule has 0 radical (unpaired) electrons. The molecule has 21 heavy (non-hydrogen) atoms. The second kappa shape index (κ2) is 6.37. The summed E-state index contributed by atoms with van der Waals surface area (Å²) in [5.74, 6) is -0.0374. The van der Waals surface area contributed by atoms with Crippen LogP contribution in [-0.4, -0.2) is 22.0 Å². The van der Waals surface area contributed by atoms with Gasteiger partial charge in [-0.1, -0.05) is 6.07 Å². The van der Waals surface area contributed by atoms with Crippen molar-refractivity contribution in [2.24, 2.45) is 0 Å². The second-order valence-corrected chi connectivity index (χ2v) is 5.47. The molecule has 0 fully saturated rings. The predicted octanol–water partition coefficient (Wildman–Crippen LogP) is 2.91. The van der Waals surface area contributed by atoms with Gasteiger partial charge in [-0.2, -0.15) is 0 Å². The van der Waals surface area contributed by atoms with Gasteiger partial charge in [0.05, 0.1) is 5.69 Å². The van der Waals surface area contributed by atoms with E-state index < -0.39 is 0 Å². The monoisotopic (exact) mass is 297 g/mol. The molecule has 1 amide bonds. The third kappa shape index (κ3) is 3.20. The summed E-state index contributed by atoms with van der Waals surface area (Å²) in [6.45, 7) is 0.582. The van der Waals surface area contributed by atoms with Crippen LogP contribution in [0.3, 0.4) is 0 Å². The molecule has 0 saturated heterocycles. The molecule has 0 saturated carbocycles. The summed E-state index contributed by atoms with van der Waals surface area (Å²) in [4.78, 5) is 17.3. The van der Waals surface area contributed by atoms with Crippen molar-refractivity contribution in [1.29, 1.82) is 0 Å². The number of hydrogen-bond donors (Lipinski definition) is 1. The van der Waals surface area contributed by atoms with Crippen molar-refractivity contribution in [2.75, 3.05) is 6.54 Å². The smallest absolute Gasteiger partial charge is 0.263 e. The van der Waals surface area contributed by atoms with E-state index in [9.17, 15) is 4.79 Å². The molecule has 0 aliphatic heterocycles. The molecule has 0 aliphatic rings. The minimum absolute atomic E-state index is 0.0374. The van der Waals surface area contributed by atoms with Crippen LogP contribution in [0.2, 0.25) is 0 Å². The molecule has 0 atom stereocenters. The molecule has 0 unspecified atom stereocenters. The number of carbonyl (C=O) groups is 1. The number of nitrogens with zero attached hydrogens (tertiary/aromatic N) is 2. The fourth-order valence-corrected chi connectivity index (χ4v) is 2.91. The van der Waals surface area contributed by atoms with E-state index >= 15 is 0 Å². The molecule has 0 bridgehead atoms. The molecule has 4 nitrogen and oxygen atoms in total. The Labute approximate surface area is 127 Å². The van der Waals surface area contributed by atoms with E-state index in [1.807, 2.05) is 58.7 Å². The van der Waals surface area contributed by atoms with E-state index in [-0.39, 0.29) is 5.91 Å². The Hall–Kier alpha value is -2.40. The van der Waals surface area contributed by atoms with Gasteiger partial charge in [-0.3, -0.25) is 9.78 Å². The van der Waals surface area contributed by atoms with Crippen molar-refractivity contribution < 1.29 is 4.79 Å². The first kappa shape index (κ1) is 13.6. The average molecular weight is 297 g/mol. The van der Waals surface area contributed by atoms with E-state index in [4.69, 9.17) is 0 Å². The van der Waals surface area contributed by atoms with Crippen LogP contribution in [0.15, 0.2) is 60.4 Å². The van der Waals surface area contributed by atoms with Gasteiger partial charge < -0.3 is 9.88 Å². The van der Waals surface area contributed by atoms with Crippen molar-refractivity contribution in [2.45, 2.75) is 6.42 Å². The third-order valence-electron chi connectivity index (χ3n) is 3.13. The molecule has 106 valence electrons. The zero-order chi connectivity index (χ0) is 14.5. The van der Waals surface area contributed by atoms with Crippen LogP contribution in [0.4, 0.5) is 0 Å². The highest BCUT2D eigenvalue weighted by Gasteiger charge is 2.13. The Morgan fingerprint density at radius 3 is 2.81 bits per heavy atom. The van der Waals surface area contributed by atoms with Crippen LogP contribution < -0.4 is 5.32 Å². The summed E-state index contributed by atoms with van der Waals surface area (Å²) in [5, 5.41) is 4.89. The SMILES string of the molecule is O=C(NCCc1ccccn1)c1sccc1-n1cccc1. The summed E-state index contributed by atoms with van der Waals surface area (Å²) in [6, 6.07) is 11.6. The van der Waals surface area contributed by atoms with Gasteiger partial charge in [-0.05, 0) is 35.7 Å². The Morgan fingerprint density at radius 2 is 2.05 bits per heavy atom. The third-order valence-corrected chi connectivity index (χ3v) is 4.03. The van der Waals surface area contributed by atoms with Crippen LogP contribution in [-0.2, 0) is 6.42 Å². The van der Waals surface area contributed by atoms with Crippen molar-refractivity contribution in [3.05, 3.63) is 70.9 Å².